The minimum Gasteiger partial charge on any atom is -0.496 e. The van der Waals surface area contributed by atoms with Gasteiger partial charge in [0.2, 0.25) is 0 Å². The van der Waals surface area contributed by atoms with Gasteiger partial charge in [-0.05, 0) is 30.4 Å². The lowest BCUT2D eigenvalue weighted by Gasteiger charge is -2.37. The summed E-state index contributed by atoms with van der Waals surface area (Å²) in [6.45, 7) is 0. The second-order valence-electron chi connectivity index (χ2n) is 4.88. The van der Waals surface area contributed by atoms with Gasteiger partial charge >= 0.3 is 0 Å². The van der Waals surface area contributed by atoms with Crippen LogP contribution < -0.4 is 10.1 Å². The van der Waals surface area contributed by atoms with Crippen molar-refractivity contribution < 1.29 is 4.74 Å². The van der Waals surface area contributed by atoms with Crippen LogP contribution in [0.1, 0.15) is 24.3 Å². The summed E-state index contributed by atoms with van der Waals surface area (Å²) in [6.07, 6.45) is 7.40. The molecule has 0 amide bonds. The molecular formula is C15H17N3O. The number of hydrogen-bond acceptors (Lipinski definition) is 4. The fourth-order valence-corrected chi connectivity index (χ4v) is 2.60. The van der Waals surface area contributed by atoms with E-state index in [1.807, 2.05) is 24.5 Å². The Labute approximate surface area is 112 Å². The Bertz CT molecular complexity index is 538. The molecule has 98 valence electrons. The number of nitrogens with zero attached hydrogens (tertiary/aromatic N) is 2. The molecule has 3 rings (SSSR count). The molecule has 1 aromatic carbocycles. The topological polar surface area (TPSA) is 47.0 Å². The quantitative estimate of drug-likeness (QED) is 0.912. The van der Waals surface area contributed by atoms with Gasteiger partial charge in [-0.1, -0.05) is 18.2 Å². The highest BCUT2D eigenvalue weighted by molar-refractivity contribution is 5.42. The zero-order valence-electron chi connectivity index (χ0n) is 10.9. The molecule has 1 fully saturated rings. The van der Waals surface area contributed by atoms with Crippen LogP contribution in [-0.2, 0) is 0 Å². The van der Waals surface area contributed by atoms with Gasteiger partial charge in [-0.25, -0.2) is 9.97 Å². The minimum atomic E-state index is 0.501. The zero-order valence-corrected chi connectivity index (χ0v) is 10.9. The number of ether oxygens (including phenoxy) is 1. The molecule has 1 saturated carbocycles. The molecule has 0 radical (unpaired) electrons. The smallest absolute Gasteiger partial charge is 0.122 e. The second-order valence-corrected chi connectivity index (χ2v) is 4.88. The maximum Gasteiger partial charge on any atom is 0.122 e. The highest BCUT2D eigenvalue weighted by atomic mass is 16.5. The van der Waals surface area contributed by atoms with Crippen LogP contribution in [0.5, 0.6) is 5.75 Å². The molecule has 1 aliphatic carbocycles. The Kier molecular flexibility index (Phi) is 3.31. The van der Waals surface area contributed by atoms with E-state index < -0.39 is 0 Å². The molecule has 1 aliphatic rings. The third kappa shape index (κ3) is 2.52. The van der Waals surface area contributed by atoms with Crippen molar-refractivity contribution in [3.63, 3.8) is 0 Å². The average Bonchev–Trinajstić information content (AvgIpc) is 2.43. The summed E-state index contributed by atoms with van der Waals surface area (Å²) in [7, 11) is 1.73. The molecule has 0 unspecified atom stereocenters. The van der Waals surface area contributed by atoms with E-state index in [1.165, 1.54) is 5.56 Å². The maximum absolute atomic E-state index is 5.42. The number of benzene rings is 1. The van der Waals surface area contributed by atoms with Gasteiger partial charge in [0.05, 0.1) is 25.2 Å². The first kappa shape index (κ1) is 12.0. The van der Waals surface area contributed by atoms with E-state index >= 15 is 0 Å². The van der Waals surface area contributed by atoms with Crippen LogP contribution in [0, 0.1) is 0 Å². The van der Waals surface area contributed by atoms with Crippen molar-refractivity contribution in [3.8, 4) is 5.75 Å². The number of nitrogens with one attached hydrogen (secondary N) is 1. The van der Waals surface area contributed by atoms with Crippen molar-refractivity contribution in [2.75, 3.05) is 12.4 Å². The van der Waals surface area contributed by atoms with E-state index in [0.717, 1.165) is 24.3 Å². The van der Waals surface area contributed by atoms with E-state index in [4.69, 9.17) is 4.74 Å². The first-order valence-corrected chi connectivity index (χ1v) is 6.51. The molecule has 4 heteroatoms. The summed E-state index contributed by atoms with van der Waals surface area (Å²) in [5.41, 5.74) is 2.30. The van der Waals surface area contributed by atoms with Gasteiger partial charge in [0, 0.05) is 6.04 Å². The van der Waals surface area contributed by atoms with Crippen molar-refractivity contribution >= 4 is 5.69 Å². The standard InChI is InChI=1S/C15H17N3O/c1-19-15-5-3-2-4-14(15)11-6-12(7-11)18-13-8-16-10-17-9-13/h2-5,8-12,18H,6-7H2,1H3. The summed E-state index contributed by atoms with van der Waals surface area (Å²) in [5, 5.41) is 3.45. The summed E-state index contributed by atoms with van der Waals surface area (Å²) in [5.74, 6) is 1.58. The van der Waals surface area contributed by atoms with Crippen LogP contribution in [0.2, 0.25) is 0 Å². The molecule has 0 saturated heterocycles. The number of para-hydroxylation sites is 1. The molecule has 1 N–H and O–H groups in total. The van der Waals surface area contributed by atoms with E-state index in [0.29, 0.717) is 12.0 Å². The molecule has 0 spiro atoms. The van der Waals surface area contributed by atoms with Gasteiger partial charge in [0.15, 0.2) is 0 Å². The van der Waals surface area contributed by atoms with E-state index in [1.54, 1.807) is 13.4 Å². The fourth-order valence-electron chi connectivity index (χ4n) is 2.60. The third-order valence-electron chi connectivity index (χ3n) is 3.65. The number of aromatic nitrogens is 2. The predicted molar refractivity (Wildman–Crippen MR) is 74.4 cm³/mol. The van der Waals surface area contributed by atoms with Gasteiger partial charge in [0.25, 0.3) is 0 Å². The van der Waals surface area contributed by atoms with E-state index in [-0.39, 0.29) is 0 Å². The lowest BCUT2D eigenvalue weighted by atomic mass is 9.75. The van der Waals surface area contributed by atoms with E-state index in [2.05, 4.69) is 27.4 Å². The van der Waals surface area contributed by atoms with Gasteiger partial charge in [-0.2, -0.15) is 0 Å². The maximum atomic E-state index is 5.42. The van der Waals surface area contributed by atoms with Crippen molar-refractivity contribution in [3.05, 3.63) is 48.5 Å². The first-order valence-electron chi connectivity index (χ1n) is 6.51. The normalized spacial score (nSPS) is 21.5. The van der Waals surface area contributed by atoms with Crippen LogP contribution in [-0.4, -0.2) is 23.1 Å². The van der Waals surface area contributed by atoms with E-state index in [9.17, 15) is 0 Å². The SMILES string of the molecule is COc1ccccc1C1CC(Nc2cncnc2)C1. The molecule has 2 aromatic rings. The van der Waals surface area contributed by atoms with Crippen LogP contribution >= 0.6 is 0 Å². The number of methoxy groups -OCH3 is 1. The number of anilines is 1. The van der Waals surface area contributed by atoms with Crippen molar-refractivity contribution in [1.29, 1.82) is 0 Å². The molecule has 0 atom stereocenters. The van der Waals surface area contributed by atoms with Crippen LogP contribution in [0.3, 0.4) is 0 Å². The fraction of sp³-hybridized carbons (Fsp3) is 0.333. The summed E-state index contributed by atoms with van der Waals surface area (Å²) in [4.78, 5) is 8.01. The second kappa shape index (κ2) is 5.26. The summed E-state index contributed by atoms with van der Waals surface area (Å²) in [6, 6.07) is 8.77. The summed E-state index contributed by atoms with van der Waals surface area (Å²) < 4.78 is 5.42. The Morgan fingerprint density at radius 2 is 1.89 bits per heavy atom. The van der Waals surface area contributed by atoms with Gasteiger partial charge in [0.1, 0.15) is 12.1 Å². The monoisotopic (exact) mass is 255 g/mol. The highest BCUT2D eigenvalue weighted by Gasteiger charge is 2.31. The zero-order chi connectivity index (χ0) is 13.1. The van der Waals surface area contributed by atoms with Crippen LogP contribution in [0.25, 0.3) is 0 Å². The molecule has 4 nitrogen and oxygen atoms in total. The largest absolute Gasteiger partial charge is 0.496 e. The number of hydrogen-bond donors (Lipinski definition) is 1. The average molecular weight is 255 g/mol. The van der Waals surface area contributed by atoms with Crippen LogP contribution in [0.4, 0.5) is 5.69 Å². The van der Waals surface area contributed by atoms with Gasteiger partial charge in [-0.3, -0.25) is 0 Å². The highest BCUT2D eigenvalue weighted by Crippen LogP contribution is 2.41. The molecule has 1 heterocycles. The van der Waals surface area contributed by atoms with Crippen molar-refractivity contribution in [2.24, 2.45) is 0 Å². The molecule has 0 bridgehead atoms. The van der Waals surface area contributed by atoms with Crippen molar-refractivity contribution in [2.45, 2.75) is 24.8 Å². The third-order valence-corrected chi connectivity index (χ3v) is 3.65. The Morgan fingerprint density at radius 3 is 2.63 bits per heavy atom. The Morgan fingerprint density at radius 1 is 1.16 bits per heavy atom. The van der Waals surface area contributed by atoms with Crippen LogP contribution in [0.15, 0.2) is 43.0 Å². The first-order chi connectivity index (χ1) is 9.36. The molecular weight excluding hydrogens is 238 g/mol. The van der Waals surface area contributed by atoms with Gasteiger partial charge in [-0.15, -0.1) is 0 Å². The lowest BCUT2D eigenvalue weighted by Crippen LogP contribution is -2.34. The summed E-state index contributed by atoms with van der Waals surface area (Å²) >= 11 is 0. The van der Waals surface area contributed by atoms with Crippen molar-refractivity contribution in [1.82, 2.24) is 9.97 Å². The molecule has 19 heavy (non-hydrogen) atoms. The van der Waals surface area contributed by atoms with Gasteiger partial charge < -0.3 is 10.1 Å². The number of rotatable bonds is 4. The predicted octanol–water partition coefficient (Wildman–Crippen LogP) is 2.84. The Balaban J connectivity index is 1.61. The lowest BCUT2D eigenvalue weighted by molar-refractivity contribution is 0.349. The minimum absolute atomic E-state index is 0.501. The molecule has 0 aliphatic heterocycles. The molecule has 1 aromatic heterocycles. The Hall–Kier alpha value is -2.10.